The van der Waals surface area contributed by atoms with Gasteiger partial charge in [0.1, 0.15) is 0 Å². The van der Waals surface area contributed by atoms with Gasteiger partial charge in [-0.05, 0) is 50.7 Å². The average molecular weight is 291 g/mol. The first kappa shape index (κ1) is 18.5. The molecule has 0 aromatic rings. The van der Waals surface area contributed by atoms with Gasteiger partial charge in [0.05, 0.1) is 0 Å². The summed E-state index contributed by atoms with van der Waals surface area (Å²) in [5.74, 6) is 0. The fourth-order valence-corrected chi connectivity index (χ4v) is 4.21. The summed E-state index contributed by atoms with van der Waals surface area (Å²) in [5, 5.41) is 0. The van der Waals surface area contributed by atoms with Crippen molar-refractivity contribution in [2.45, 2.75) is 100 Å². The molecule has 1 aliphatic rings. The Balaban J connectivity index is 2.70. The normalized spacial score (nSPS) is 18.9. The fourth-order valence-electron chi connectivity index (χ4n) is 4.21. The molecule has 0 spiro atoms. The highest BCUT2D eigenvalue weighted by atomic mass is 14.5. The van der Waals surface area contributed by atoms with E-state index in [1.54, 1.807) is 11.1 Å². The molecule has 0 N–H and O–H groups in total. The Morgan fingerprint density at radius 1 is 0.762 bits per heavy atom. The van der Waals surface area contributed by atoms with Gasteiger partial charge in [-0.15, -0.1) is 0 Å². The predicted molar refractivity (Wildman–Crippen MR) is 96.6 cm³/mol. The van der Waals surface area contributed by atoms with Crippen molar-refractivity contribution in [3.8, 4) is 0 Å². The van der Waals surface area contributed by atoms with Crippen LogP contribution in [0.15, 0.2) is 22.3 Å². The zero-order chi connectivity index (χ0) is 16.3. The van der Waals surface area contributed by atoms with E-state index in [-0.39, 0.29) is 5.41 Å². The number of hydrogen-bond acceptors (Lipinski definition) is 0. The van der Waals surface area contributed by atoms with E-state index in [0.29, 0.717) is 5.41 Å². The van der Waals surface area contributed by atoms with Gasteiger partial charge in [0, 0.05) is 5.41 Å². The molecular weight excluding hydrogens is 252 g/mol. The summed E-state index contributed by atoms with van der Waals surface area (Å²) in [7, 11) is 0. The van der Waals surface area contributed by atoms with Crippen molar-refractivity contribution in [3.63, 3.8) is 0 Å². The molecule has 0 radical (unpaired) electrons. The second kappa shape index (κ2) is 7.16. The van der Waals surface area contributed by atoms with Gasteiger partial charge >= 0.3 is 0 Å². The summed E-state index contributed by atoms with van der Waals surface area (Å²) in [6.07, 6.45) is 9.71. The van der Waals surface area contributed by atoms with Crippen LogP contribution in [-0.4, -0.2) is 0 Å². The maximum atomic E-state index is 2.48. The number of unbranched alkanes of at least 4 members (excludes halogenated alkanes) is 5. The molecule has 0 unspecified atom stereocenters. The Morgan fingerprint density at radius 3 is 1.67 bits per heavy atom. The minimum absolute atomic E-state index is 0.255. The van der Waals surface area contributed by atoms with Crippen molar-refractivity contribution in [3.05, 3.63) is 22.3 Å². The van der Waals surface area contributed by atoms with Gasteiger partial charge in [-0.1, -0.05) is 77.4 Å². The molecule has 0 atom stereocenters. The lowest BCUT2D eigenvalue weighted by molar-refractivity contribution is 0.153. The number of hydrogen-bond donors (Lipinski definition) is 0. The molecule has 21 heavy (non-hydrogen) atoms. The van der Waals surface area contributed by atoms with E-state index >= 15 is 0 Å². The van der Waals surface area contributed by atoms with Crippen LogP contribution >= 0.6 is 0 Å². The van der Waals surface area contributed by atoms with Crippen LogP contribution in [0.25, 0.3) is 0 Å². The maximum absolute atomic E-state index is 2.48. The van der Waals surface area contributed by atoms with Crippen molar-refractivity contribution in [2.75, 3.05) is 0 Å². The zero-order valence-electron chi connectivity index (χ0n) is 15.9. The second-order valence-corrected chi connectivity index (χ2v) is 8.03. The van der Waals surface area contributed by atoms with E-state index in [2.05, 4.69) is 55.4 Å². The summed E-state index contributed by atoms with van der Waals surface area (Å²) < 4.78 is 0. The molecular formula is C21H38. The van der Waals surface area contributed by atoms with Gasteiger partial charge in [0.2, 0.25) is 0 Å². The summed E-state index contributed by atoms with van der Waals surface area (Å²) in [6, 6.07) is 0. The second-order valence-electron chi connectivity index (χ2n) is 8.03. The molecule has 1 aliphatic carbocycles. The van der Waals surface area contributed by atoms with E-state index in [4.69, 9.17) is 0 Å². The van der Waals surface area contributed by atoms with Gasteiger partial charge in [-0.3, -0.25) is 0 Å². The van der Waals surface area contributed by atoms with Crippen molar-refractivity contribution >= 4 is 0 Å². The first-order chi connectivity index (χ1) is 9.70. The van der Waals surface area contributed by atoms with Crippen molar-refractivity contribution in [1.82, 2.24) is 0 Å². The molecule has 0 heteroatoms. The summed E-state index contributed by atoms with van der Waals surface area (Å²) in [4.78, 5) is 0. The summed E-state index contributed by atoms with van der Waals surface area (Å²) in [6.45, 7) is 19.1. The number of rotatable bonds is 8. The first-order valence-corrected chi connectivity index (χ1v) is 9.06. The third-order valence-corrected chi connectivity index (χ3v) is 6.70. The lowest BCUT2D eigenvalue weighted by atomic mass is 9.59. The lowest BCUT2D eigenvalue weighted by Crippen LogP contribution is -2.36. The van der Waals surface area contributed by atoms with E-state index < -0.39 is 0 Å². The van der Waals surface area contributed by atoms with Crippen molar-refractivity contribution < 1.29 is 0 Å². The molecule has 0 saturated heterocycles. The molecule has 0 saturated carbocycles. The van der Waals surface area contributed by atoms with Crippen LogP contribution in [0.1, 0.15) is 100 Å². The molecule has 0 amide bonds. The molecule has 0 aromatic heterocycles. The Bertz CT molecular complexity index is 393. The van der Waals surface area contributed by atoms with E-state index in [0.717, 1.165) is 0 Å². The Hall–Kier alpha value is -0.520. The van der Waals surface area contributed by atoms with Gasteiger partial charge in [-0.25, -0.2) is 0 Å². The minimum Gasteiger partial charge on any atom is -0.0654 e. The third-order valence-electron chi connectivity index (χ3n) is 6.70. The quantitative estimate of drug-likeness (QED) is 0.407. The Kier molecular flexibility index (Phi) is 6.32. The highest BCUT2D eigenvalue weighted by Gasteiger charge is 2.47. The monoisotopic (exact) mass is 290 g/mol. The molecule has 0 aromatic carbocycles. The lowest BCUT2D eigenvalue weighted by Gasteiger charge is -2.45. The molecule has 1 rings (SSSR count). The largest absolute Gasteiger partial charge is 0.0654 e. The predicted octanol–water partition coefficient (Wildman–Crippen LogP) is 7.46. The standard InChI is InChI=1S/C21H38/c1-9-10-11-12-13-14-15-20(6,7)21(8)18(4)16(2)17(3)19(21)5/h9-15H2,1-8H3. The van der Waals surface area contributed by atoms with Gasteiger partial charge in [-0.2, -0.15) is 0 Å². The summed E-state index contributed by atoms with van der Waals surface area (Å²) >= 11 is 0. The number of allylic oxidation sites excluding steroid dienone is 4. The third kappa shape index (κ3) is 3.46. The molecule has 122 valence electrons. The maximum Gasteiger partial charge on any atom is 0.0149 e. The van der Waals surface area contributed by atoms with Crippen LogP contribution in [0.3, 0.4) is 0 Å². The van der Waals surface area contributed by atoms with E-state index in [1.165, 1.54) is 56.1 Å². The molecule has 0 fully saturated rings. The molecule has 0 aliphatic heterocycles. The SMILES string of the molecule is CCCCCCCCC(C)(C)C1(C)C(C)=C(C)C(C)=C1C. The van der Waals surface area contributed by atoms with E-state index in [1.807, 2.05) is 0 Å². The van der Waals surface area contributed by atoms with Crippen LogP contribution in [0.2, 0.25) is 0 Å². The van der Waals surface area contributed by atoms with Crippen molar-refractivity contribution in [2.24, 2.45) is 10.8 Å². The smallest absolute Gasteiger partial charge is 0.0149 e. The van der Waals surface area contributed by atoms with Gasteiger partial charge in [0.25, 0.3) is 0 Å². The van der Waals surface area contributed by atoms with Crippen LogP contribution in [-0.2, 0) is 0 Å². The van der Waals surface area contributed by atoms with E-state index in [9.17, 15) is 0 Å². The van der Waals surface area contributed by atoms with Gasteiger partial charge in [0.15, 0.2) is 0 Å². The minimum atomic E-state index is 0.255. The molecule has 0 heterocycles. The van der Waals surface area contributed by atoms with Gasteiger partial charge < -0.3 is 0 Å². The van der Waals surface area contributed by atoms with Crippen molar-refractivity contribution in [1.29, 1.82) is 0 Å². The zero-order valence-corrected chi connectivity index (χ0v) is 15.9. The Morgan fingerprint density at radius 2 is 1.19 bits per heavy atom. The summed E-state index contributed by atoms with van der Waals surface area (Å²) in [5.41, 5.74) is 6.88. The molecule has 0 nitrogen and oxygen atoms in total. The van der Waals surface area contributed by atoms with Crippen LogP contribution in [0.5, 0.6) is 0 Å². The average Bonchev–Trinajstić information content (AvgIpc) is 2.59. The highest BCUT2D eigenvalue weighted by molar-refractivity contribution is 5.51. The topological polar surface area (TPSA) is 0 Å². The van der Waals surface area contributed by atoms with Crippen LogP contribution in [0.4, 0.5) is 0 Å². The first-order valence-electron chi connectivity index (χ1n) is 9.06. The van der Waals surface area contributed by atoms with Crippen LogP contribution in [0, 0.1) is 10.8 Å². The Labute approximate surface area is 134 Å². The fraction of sp³-hybridized carbons (Fsp3) is 0.810. The van der Waals surface area contributed by atoms with Crippen LogP contribution < -0.4 is 0 Å². The highest BCUT2D eigenvalue weighted by Crippen LogP contribution is 2.58. The molecule has 0 bridgehead atoms.